The highest BCUT2D eigenvalue weighted by atomic mass is 32.1. The van der Waals surface area contributed by atoms with E-state index in [0.717, 1.165) is 5.75 Å². The molecule has 0 amide bonds. The van der Waals surface area contributed by atoms with Gasteiger partial charge < -0.3 is 0 Å². The minimum Gasteiger partial charge on any atom is -0.175 e. The van der Waals surface area contributed by atoms with Crippen LogP contribution in [0.1, 0.15) is 69.4 Å². The van der Waals surface area contributed by atoms with Crippen LogP contribution < -0.4 is 0 Å². The van der Waals surface area contributed by atoms with Gasteiger partial charge in [0.25, 0.3) is 0 Å². The molecule has 0 spiro atoms. The molecule has 0 aliphatic carbocycles. The monoisotopic (exact) mass is 264 g/mol. The Morgan fingerprint density at radius 3 is 1.78 bits per heavy atom. The molecule has 0 saturated carbocycles. The standard InChI is InChI=1S/C17H28S/c1-2-3-4-5-6-7-8-9-10-16-11-13-17(15-18)14-12-16/h11-14,18H,2-10,15H2,1H3. The van der Waals surface area contributed by atoms with Gasteiger partial charge in [-0.3, -0.25) is 0 Å². The Hall–Kier alpha value is -0.430. The molecule has 0 bridgehead atoms. The van der Waals surface area contributed by atoms with Gasteiger partial charge in [0.15, 0.2) is 0 Å². The van der Waals surface area contributed by atoms with E-state index in [9.17, 15) is 0 Å². The summed E-state index contributed by atoms with van der Waals surface area (Å²) in [6.07, 6.45) is 12.4. The summed E-state index contributed by atoms with van der Waals surface area (Å²) in [5, 5.41) is 0. The minimum atomic E-state index is 0.845. The molecule has 0 saturated heterocycles. The third-order valence-electron chi connectivity index (χ3n) is 3.52. The lowest BCUT2D eigenvalue weighted by atomic mass is 10.0. The molecule has 102 valence electrons. The summed E-state index contributed by atoms with van der Waals surface area (Å²) < 4.78 is 0. The van der Waals surface area contributed by atoms with Gasteiger partial charge >= 0.3 is 0 Å². The molecule has 0 aromatic heterocycles. The van der Waals surface area contributed by atoms with Gasteiger partial charge in [-0.1, -0.05) is 76.1 Å². The van der Waals surface area contributed by atoms with E-state index in [1.165, 1.54) is 68.9 Å². The second-order valence-corrected chi connectivity index (χ2v) is 5.52. The third kappa shape index (κ3) is 7.10. The normalized spacial score (nSPS) is 10.8. The van der Waals surface area contributed by atoms with Crippen LogP contribution in [0, 0.1) is 0 Å². The number of benzene rings is 1. The summed E-state index contributed by atoms with van der Waals surface area (Å²) in [4.78, 5) is 0. The van der Waals surface area contributed by atoms with E-state index in [2.05, 4.69) is 43.8 Å². The molecule has 1 aromatic rings. The van der Waals surface area contributed by atoms with Crippen molar-refractivity contribution in [3.05, 3.63) is 35.4 Å². The van der Waals surface area contributed by atoms with Crippen LogP contribution in [-0.2, 0) is 12.2 Å². The number of hydrogen-bond acceptors (Lipinski definition) is 1. The van der Waals surface area contributed by atoms with Crippen LogP contribution in [0.2, 0.25) is 0 Å². The predicted molar refractivity (Wildman–Crippen MR) is 85.4 cm³/mol. The molecule has 1 aromatic carbocycles. The lowest BCUT2D eigenvalue weighted by Crippen LogP contribution is -1.87. The van der Waals surface area contributed by atoms with Gasteiger partial charge in [-0.25, -0.2) is 0 Å². The van der Waals surface area contributed by atoms with Crippen LogP contribution >= 0.6 is 12.6 Å². The Morgan fingerprint density at radius 2 is 1.22 bits per heavy atom. The first-order valence-electron chi connectivity index (χ1n) is 7.55. The fourth-order valence-electron chi connectivity index (χ4n) is 2.27. The SMILES string of the molecule is CCCCCCCCCCc1ccc(CS)cc1. The van der Waals surface area contributed by atoms with E-state index in [4.69, 9.17) is 0 Å². The zero-order valence-electron chi connectivity index (χ0n) is 11.8. The molecule has 1 heteroatoms. The number of hydrogen-bond donors (Lipinski definition) is 1. The summed E-state index contributed by atoms with van der Waals surface area (Å²) in [6.45, 7) is 2.28. The van der Waals surface area contributed by atoms with Crippen LogP contribution in [0.25, 0.3) is 0 Å². The highest BCUT2D eigenvalue weighted by Crippen LogP contribution is 2.12. The molecule has 0 fully saturated rings. The van der Waals surface area contributed by atoms with Crippen LogP contribution in [0.5, 0.6) is 0 Å². The van der Waals surface area contributed by atoms with Gasteiger partial charge in [-0.05, 0) is 24.0 Å². The second kappa shape index (κ2) is 10.5. The average Bonchev–Trinajstić information content (AvgIpc) is 2.42. The molecular formula is C17H28S. The van der Waals surface area contributed by atoms with Crippen LogP contribution in [0.3, 0.4) is 0 Å². The molecule has 0 radical (unpaired) electrons. The molecule has 1 rings (SSSR count). The predicted octanol–water partition coefficient (Wildman–Crippen LogP) is 5.80. The fraction of sp³-hybridized carbons (Fsp3) is 0.647. The van der Waals surface area contributed by atoms with E-state index >= 15 is 0 Å². The van der Waals surface area contributed by atoms with Crippen molar-refractivity contribution in [1.29, 1.82) is 0 Å². The van der Waals surface area contributed by atoms with Crippen molar-refractivity contribution >= 4 is 12.6 Å². The third-order valence-corrected chi connectivity index (χ3v) is 3.89. The fourth-order valence-corrected chi connectivity index (χ4v) is 2.49. The van der Waals surface area contributed by atoms with Crippen LogP contribution in [0.15, 0.2) is 24.3 Å². The molecule has 0 aliphatic heterocycles. The van der Waals surface area contributed by atoms with E-state index in [1.807, 2.05) is 0 Å². The zero-order chi connectivity index (χ0) is 13.1. The molecular weight excluding hydrogens is 236 g/mol. The molecule has 0 unspecified atom stereocenters. The summed E-state index contributed by atoms with van der Waals surface area (Å²) in [7, 11) is 0. The maximum Gasteiger partial charge on any atom is 0.0154 e. The summed E-state index contributed by atoms with van der Waals surface area (Å²) in [6, 6.07) is 8.92. The van der Waals surface area contributed by atoms with Crippen molar-refractivity contribution in [2.45, 2.75) is 70.5 Å². The van der Waals surface area contributed by atoms with Crippen molar-refractivity contribution in [1.82, 2.24) is 0 Å². The lowest BCUT2D eigenvalue weighted by molar-refractivity contribution is 0.575. The maximum absolute atomic E-state index is 4.28. The first-order chi connectivity index (χ1) is 8.86. The Morgan fingerprint density at radius 1 is 0.722 bits per heavy atom. The number of unbranched alkanes of at least 4 members (excludes halogenated alkanes) is 7. The lowest BCUT2D eigenvalue weighted by Gasteiger charge is -2.03. The summed E-state index contributed by atoms with van der Waals surface area (Å²) in [5.74, 6) is 0.845. The van der Waals surface area contributed by atoms with Gasteiger partial charge in [-0.2, -0.15) is 12.6 Å². The minimum absolute atomic E-state index is 0.845. The largest absolute Gasteiger partial charge is 0.175 e. The van der Waals surface area contributed by atoms with Crippen molar-refractivity contribution in [2.24, 2.45) is 0 Å². The first kappa shape index (κ1) is 15.6. The zero-order valence-corrected chi connectivity index (χ0v) is 12.7. The Labute approximate surface area is 119 Å². The molecule has 0 aliphatic rings. The van der Waals surface area contributed by atoms with E-state index in [1.54, 1.807) is 0 Å². The van der Waals surface area contributed by atoms with Gasteiger partial charge in [-0.15, -0.1) is 0 Å². The molecule has 0 heterocycles. The second-order valence-electron chi connectivity index (χ2n) is 5.20. The Bertz CT molecular complexity index is 289. The van der Waals surface area contributed by atoms with Gasteiger partial charge in [0.2, 0.25) is 0 Å². The Kier molecular flexibility index (Phi) is 9.11. The summed E-state index contributed by atoms with van der Waals surface area (Å²) in [5.41, 5.74) is 2.80. The molecule has 0 atom stereocenters. The number of aryl methyl sites for hydroxylation is 1. The Balaban J connectivity index is 2.00. The topological polar surface area (TPSA) is 0 Å². The quantitative estimate of drug-likeness (QED) is 0.401. The molecule has 0 N–H and O–H groups in total. The van der Waals surface area contributed by atoms with Crippen LogP contribution in [-0.4, -0.2) is 0 Å². The number of thiol groups is 1. The highest BCUT2D eigenvalue weighted by molar-refractivity contribution is 7.79. The van der Waals surface area contributed by atoms with Crippen molar-refractivity contribution in [2.75, 3.05) is 0 Å². The molecule has 18 heavy (non-hydrogen) atoms. The van der Waals surface area contributed by atoms with E-state index < -0.39 is 0 Å². The van der Waals surface area contributed by atoms with E-state index in [-0.39, 0.29) is 0 Å². The number of rotatable bonds is 10. The summed E-state index contributed by atoms with van der Waals surface area (Å²) >= 11 is 4.28. The maximum atomic E-state index is 4.28. The van der Waals surface area contributed by atoms with Gasteiger partial charge in [0, 0.05) is 5.75 Å². The average molecular weight is 264 g/mol. The first-order valence-corrected chi connectivity index (χ1v) is 8.18. The van der Waals surface area contributed by atoms with Gasteiger partial charge in [0.1, 0.15) is 0 Å². The van der Waals surface area contributed by atoms with Crippen molar-refractivity contribution in [3.8, 4) is 0 Å². The van der Waals surface area contributed by atoms with Crippen LogP contribution in [0.4, 0.5) is 0 Å². The highest BCUT2D eigenvalue weighted by Gasteiger charge is 1.95. The smallest absolute Gasteiger partial charge is 0.0154 e. The van der Waals surface area contributed by atoms with Crippen molar-refractivity contribution < 1.29 is 0 Å². The van der Waals surface area contributed by atoms with Crippen molar-refractivity contribution in [3.63, 3.8) is 0 Å². The van der Waals surface area contributed by atoms with Gasteiger partial charge in [0.05, 0.1) is 0 Å². The van der Waals surface area contributed by atoms with E-state index in [0.29, 0.717) is 0 Å². The molecule has 0 nitrogen and oxygen atoms in total.